The highest BCUT2D eigenvalue weighted by Gasteiger charge is 2.34. The molecule has 0 fully saturated rings. The summed E-state index contributed by atoms with van der Waals surface area (Å²) in [7, 11) is 1.04. The topological polar surface area (TPSA) is 133 Å². The van der Waals surface area contributed by atoms with Gasteiger partial charge in [-0.15, -0.1) is 0 Å². The molecule has 9 heteroatoms. The Bertz CT molecular complexity index is 639. The quantitative estimate of drug-likeness (QED) is 0.464. The molecule has 0 bridgehead atoms. The highest BCUT2D eigenvalue weighted by Crippen LogP contribution is 2.32. The van der Waals surface area contributed by atoms with Crippen molar-refractivity contribution in [2.24, 2.45) is 0 Å². The second-order valence-electron chi connectivity index (χ2n) is 4.46. The van der Waals surface area contributed by atoms with Gasteiger partial charge in [-0.3, -0.25) is 25.0 Å². The first kappa shape index (κ1) is 17.1. The number of nitro groups is 2. The third-order valence-electron chi connectivity index (χ3n) is 2.91. The Balaban J connectivity index is 3.46. The number of rotatable bonds is 7. The van der Waals surface area contributed by atoms with Crippen molar-refractivity contribution in [3.63, 3.8) is 0 Å². The number of carbonyl (C=O) groups excluding carboxylic acids is 1. The summed E-state index contributed by atoms with van der Waals surface area (Å²) in [6, 6.07) is 5.11. The van der Waals surface area contributed by atoms with Gasteiger partial charge in [0.15, 0.2) is 0 Å². The van der Waals surface area contributed by atoms with Crippen LogP contribution in [0.1, 0.15) is 24.8 Å². The van der Waals surface area contributed by atoms with E-state index in [-0.39, 0.29) is 23.5 Å². The predicted octanol–water partition coefficient (Wildman–Crippen LogP) is 2.31. The summed E-state index contributed by atoms with van der Waals surface area (Å²) in [5.74, 6) is -2.48. The molecule has 0 aliphatic rings. The van der Waals surface area contributed by atoms with Crippen LogP contribution in [0.25, 0.3) is 0 Å². The first-order chi connectivity index (χ1) is 10.3. The average Bonchev–Trinajstić information content (AvgIpc) is 2.45. The number of Topliss-reactive ketones (excluding diaryl/α,β-unsaturated/α-hetero) is 1. The van der Waals surface area contributed by atoms with Crippen molar-refractivity contribution in [1.82, 2.24) is 0 Å². The van der Waals surface area contributed by atoms with Crippen LogP contribution in [0.15, 0.2) is 35.9 Å². The molecule has 1 unspecified atom stereocenters. The minimum atomic E-state index is -1.16. The van der Waals surface area contributed by atoms with E-state index in [1.807, 2.05) is 0 Å². The highest BCUT2D eigenvalue weighted by molar-refractivity contribution is 5.77. The number of ketones is 1. The summed E-state index contributed by atoms with van der Waals surface area (Å²) < 4.78 is 4.48. The monoisotopic (exact) mass is 310 g/mol. The van der Waals surface area contributed by atoms with Crippen LogP contribution < -0.4 is 0 Å². The smallest absolute Gasteiger partial charge is 0.354 e. The predicted molar refractivity (Wildman–Crippen MR) is 74.8 cm³/mol. The Labute approximate surface area is 125 Å². The second-order valence-corrected chi connectivity index (χ2v) is 4.46. The van der Waals surface area contributed by atoms with E-state index < -0.39 is 27.4 Å². The fraction of sp³-hybridized carbons (Fsp3) is 0.308. The number of non-ortho nitro benzene ring substituents is 1. The molecule has 0 aliphatic heterocycles. The molecule has 0 saturated carbocycles. The molecule has 1 N–H and O–H groups in total. The van der Waals surface area contributed by atoms with E-state index in [9.17, 15) is 30.1 Å². The number of nitrogens with zero attached hydrogens (tertiary/aromatic N) is 2. The van der Waals surface area contributed by atoms with Gasteiger partial charge in [0.2, 0.25) is 0 Å². The SMILES string of the molecule is COC(O)=C(C(CC(C)=O)c1cccc([N+](=O)[O-])c1)[N+](=O)[O-]. The van der Waals surface area contributed by atoms with E-state index in [1.165, 1.54) is 25.1 Å². The standard InChI is InChI=1S/C13H14N2O7/c1-8(16)6-11(12(15(20)21)13(17)22-2)9-4-3-5-10(7-9)14(18)19/h3-5,7,11,17H,6H2,1-2H3. The summed E-state index contributed by atoms with van der Waals surface area (Å²) in [4.78, 5) is 31.8. The lowest BCUT2D eigenvalue weighted by Crippen LogP contribution is -2.17. The van der Waals surface area contributed by atoms with Crippen LogP contribution in [0.2, 0.25) is 0 Å². The maximum atomic E-state index is 11.4. The van der Waals surface area contributed by atoms with Gasteiger partial charge in [-0.05, 0) is 12.5 Å². The van der Waals surface area contributed by atoms with Crippen molar-refractivity contribution in [2.45, 2.75) is 19.3 Å². The third-order valence-corrected chi connectivity index (χ3v) is 2.91. The minimum Gasteiger partial charge on any atom is -0.476 e. The molecule has 1 rings (SSSR count). The molecule has 1 atom stereocenters. The molecular formula is C13H14N2O7. The number of benzene rings is 1. The number of hydrogen-bond acceptors (Lipinski definition) is 7. The lowest BCUT2D eigenvalue weighted by molar-refractivity contribution is -0.436. The van der Waals surface area contributed by atoms with E-state index in [0.29, 0.717) is 0 Å². The Morgan fingerprint density at radius 2 is 2.00 bits per heavy atom. The lowest BCUT2D eigenvalue weighted by Gasteiger charge is -2.14. The van der Waals surface area contributed by atoms with Crippen LogP contribution in [0, 0.1) is 20.2 Å². The molecule has 1 aromatic carbocycles. The summed E-state index contributed by atoms with van der Waals surface area (Å²) in [6.45, 7) is 1.23. The molecule has 0 aromatic heterocycles. The molecule has 22 heavy (non-hydrogen) atoms. The number of methoxy groups -OCH3 is 1. The zero-order chi connectivity index (χ0) is 16.9. The molecule has 0 radical (unpaired) electrons. The molecule has 1 aromatic rings. The van der Waals surface area contributed by atoms with E-state index in [4.69, 9.17) is 0 Å². The second kappa shape index (κ2) is 7.16. The van der Waals surface area contributed by atoms with Gasteiger partial charge in [-0.1, -0.05) is 12.1 Å². The van der Waals surface area contributed by atoms with Gasteiger partial charge in [-0.25, -0.2) is 0 Å². The zero-order valence-corrected chi connectivity index (χ0v) is 11.9. The maximum absolute atomic E-state index is 11.4. The summed E-state index contributed by atoms with van der Waals surface area (Å²) in [5.41, 5.74) is -0.830. The van der Waals surface area contributed by atoms with Gasteiger partial charge in [-0.2, -0.15) is 0 Å². The Morgan fingerprint density at radius 1 is 1.36 bits per heavy atom. The van der Waals surface area contributed by atoms with Crippen LogP contribution in [0.3, 0.4) is 0 Å². The number of aliphatic hydroxyl groups excluding tert-OH is 1. The first-order valence-electron chi connectivity index (χ1n) is 6.13. The number of nitro benzene ring substituents is 1. The molecule has 0 amide bonds. The average molecular weight is 310 g/mol. The molecule has 0 aliphatic carbocycles. The third kappa shape index (κ3) is 4.01. The molecule has 0 spiro atoms. The lowest BCUT2D eigenvalue weighted by atomic mass is 9.91. The molecule has 0 heterocycles. The molecule has 9 nitrogen and oxygen atoms in total. The van der Waals surface area contributed by atoms with Crippen molar-refractivity contribution in [1.29, 1.82) is 0 Å². The fourth-order valence-corrected chi connectivity index (χ4v) is 1.97. The van der Waals surface area contributed by atoms with E-state index in [0.717, 1.165) is 13.2 Å². The van der Waals surface area contributed by atoms with Gasteiger partial charge in [0.1, 0.15) is 5.78 Å². The Kier molecular flexibility index (Phi) is 5.56. The van der Waals surface area contributed by atoms with Crippen LogP contribution in [0.4, 0.5) is 5.69 Å². The normalized spacial score (nSPS) is 13.0. The Hall–Kier alpha value is -2.97. The number of carbonyl (C=O) groups is 1. The van der Waals surface area contributed by atoms with Crippen molar-refractivity contribution in [3.8, 4) is 0 Å². The molecule has 0 saturated heterocycles. The van der Waals surface area contributed by atoms with Crippen molar-refractivity contribution < 1.29 is 24.5 Å². The number of allylic oxidation sites excluding steroid dienone is 1. The van der Waals surface area contributed by atoms with Crippen molar-refractivity contribution in [2.75, 3.05) is 7.11 Å². The van der Waals surface area contributed by atoms with E-state index in [2.05, 4.69) is 4.74 Å². The van der Waals surface area contributed by atoms with Crippen molar-refractivity contribution in [3.05, 3.63) is 61.7 Å². The van der Waals surface area contributed by atoms with Gasteiger partial charge < -0.3 is 9.84 Å². The van der Waals surface area contributed by atoms with Gasteiger partial charge in [0.25, 0.3) is 5.69 Å². The zero-order valence-electron chi connectivity index (χ0n) is 11.9. The van der Waals surface area contributed by atoms with Crippen LogP contribution >= 0.6 is 0 Å². The summed E-state index contributed by atoms with van der Waals surface area (Å²) >= 11 is 0. The van der Waals surface area contributed by atoms with Crippen molar-refractivity contribution >= 4 is 11.5 Å². The van der Waals surface area contributed by atoms with Crippen LogP contribution in [0.5, 0.6) is 0 Å². The highest BCUT2D eigenvalue weighted by atomic mass is 16.6. The van der Waals surface area contributed by atoms with Crippen LogP contribution in [-0.2, 0) is 9.53 Å². The largest absolute Gasteiger partial charge is 0.476 e. The van der Waals surface area contributed by atoms with E-state index >= 15 is 0 Å². The number of hydrogen-bond donors (Lipinski definition) is 1. The fourth-order valence-electron chi connectivity index (χ4n) is 1.97. The molecule has 118 valence electrons. The summed E-state index contributed by atoms with van der Waals surface area (Å²) in [5, 5.41) is 31.6. The summed E-state index contributed by atoms with van der Waals surface area (Å²) in [6.07, 6.45) is -0.301. The minimum absolute atomic E-state index is 0.166. The number of aliphatic hydroxyl groups is 1. The first-order valence-corrected chi connectivity index (χ1v) is 6.13. The maximum Gasteiger partial charge on any atom is 0.354 e. The van der Waals surface area contributed by atoms with Gasteiger partial charge in [0, 0.05) is 18.6 Å². The van der Waals surface area contributed by atoms with Crippen LogP contribution in [-0.4, -0.2) is 27.8 Å². The molecular weight excluding hydrogens is 296 g/mol. The Morgan fingerprint density at radius 3 is 2.45 bits per heavy atom. The van der Waals surface area contributed by atoms with Gasteiger partial charge in [0.05, 0.1) is 22.9 Å². The van der Waals surface area contributed by atoms with Gasteiger partial charge >= 0.3 is 11.6 Å². The van der Waals surface area contributed by atoms with E-state index in [1.54, 1.807) is 0 Å². The number of ether oxygens (including phenoxy) is 1.